The molecule has 2 rings (SSSR count). The summed E-state index contributed by atoms with van der Waals surface area (Å²) >= 11 is 0. The molecule has 1 atom stereocenters. The summed E-state index contributed by atoms with van der Waals surface area (Å²) in [6.07, 6.45) is 4.07. The maximum Gasteiger partial charge on any atom is 0.164 e. The molecular weight excluding hydrogens is 178 g/mol. The summed E-state index contributed by atoms with van der Waals surface area (Å²) in [5.41, 5.74) is 5.90. The number of likely N-dealkylation sites (tertiary alicyclic amines) is 1. The number of hydrogen-bond acceptors (Lipinski definition) is 4. The first kappa shape index (κ1) is 9.61. The topological polar surface area (TPSA) is 60.0 Å². The summed E-state index contributed by atoms with van der Waals surface area (Å²) in [5.74, 6) is 0.890. The second-order valence-electron chi connectivity index (χ2n) is 3.97. The highest BCUT2D eigenvalue weighted by atomic mass is 15.3. The molecule has 0 bridgehead atoms. The molecular formula is C9H17N5. The van der Waals surface area contributed by atoms with Crippen molar-refractivity contribution < 1.29 is 0 Å². The van der Waals surface area contributed by atoms with Crippen LogP contribution in [0.4, 0.5) is 0 Å². The zero-order chi connectivity index (χ0) is 9.97. The van der Waals surface area contributed by atoms with Gasteiger partial charge in [0.25, 0.3) is 0 Å². The van der Waals surface area contributed by atoms with Gasteiger partial charge in [0.2, 0.25) is 0 Å². The highest BCUT2D eigenvalue weighted by Gasteiger charge is 2.17. The number of piperidine rings is 1. The van der Waals surface area contributed by atoms with Crippen molar-refractivity contribution in [2.75, 3.05) is 13.1 Å². The number of rotatable bonds is 2. The maximum atomic E-state index is 5.90. The highest BCUT2D eigenvalue weighted by molar-refractivity contribution is 4.84. The van der Waals surface area contributed by atoms with Crippen molar-refractivity contribution in [3.05, 3.63) is 12.2 Å². The number of nitrogens with zero attached hydrogens (tertiary/aromatic N) is 4. The smallest absolute Gasteiger partial charge is 0.164 e. The van der Waals surface area contributed by atoms with E-state index in [9.17, 15) is 0 Å². The minimum Gasteiger partial charge on any atom is -0.327 e. The van der Waals surface area contributed by atoms with Gasteiger partial charge < -0.3 is 5.73 Å². The molecule has 1 aliphatic heterocycles. The lowest BCUT2D eigenvalue weighted by Gasteiger charge is -2.29. The van der Waals surface area contributed by atoms with Crippen LogP contribution in [0.5, 0.6) is 0 Å². The lowest BCUT2D eigenvalue weighted by atomic mass is 10.1. The molecule has 0 aliphatic carbocycles. The summed E-state index contributed by atoms with van der Waals surface area (Å²) in [6.45, 7) is 2.92. The van der Waals surface area contributed by atoms with E-state index in [0.29, 0.717) is 6.04 Å². The molecule has 14 heavy (non-hydrogen) atoms. The van der Waals surface area contributed by atoms with E-state index in [-0.39, 0.29) is 0 Å². The zero-order valence-corrected chi connectivity index (χ0v) is 8.56. The fourth-order valence-electron chi connectivity index (χ4n) is 1.89. The predicted octanol–water partition coefficient (Wildman–Crippen LogP) is -0.262. The van der Waals surface area contributed by atoms with Gasteiger partial charge in [-0.05, 0) is 19.4 Å². The van der Waals surface area contributed by atoms with E-state index < -0.39 is 0 Å². The van der Waals surface area contributed by atoms with Crippen molar-refractivity contribution in [3.63, 3.8) is 0 Å². The van der Waals surface area contributed by atoms with Gasteiger partial charge in [0, 0.05) is 19.6 Å². The summed E-state index contributed by atoms with van der Waals surface area (Å²) in [4.78, 5) is 6.53. The summed E-state index contributed by atoms with van der Waals surface area (Å²) in [6, 6.07) is 0.326. The van der Waals surface area contributed by atoms with Crippen LogP contribution in [0.15, 0.2) is 6.33 Å². The predicted molar refractivity (Wildman–Crippen MR) is 53.5 cm³/mol. The molecule has 1 unspecified atom stereocenters. The molecule has 2 heterocycles. The van der Waals surface area contributed by atoms with Crippen molar-refractivity contribution in [2.24, 2.45) is 12.8 Å². The second-order valence-corrected chi connectivity index (χ2v) is 3.97. The van der Waals surface area contributed by atoms with Crippen LogP contribution in [-0.2, 0) is 13.6 Å². The first-order chi connectivity index (χ1) is 6.74. The Bertz CT molecular complexity index is 295. The standard InChI is InChI=1S/C9H17N5/c1-13-7-11-9(12-13)6-14-4-2-3-8(10)5-14/h7-8H,2-6,10H2,1H3. The number of aryl methyl sites for hydroxylation is 1. The zero-order valence-electron chi connectivity index (χ0n) is 8.56. The van der Waals surface area contributed by atoms with Gasteiger partial charge in [-0.15, -0.1) is 0 Å². The van der Waals surface area contributed by atoms with Gasteiger partial charge in [0.15, 0.2) is 5.82 Å². The molecule has 0 radical (unpaired) electrons. The Morgan fingerprint density at radius 1 is 1.64 bits per heavy atom. The molecule has 0 saturated carbocycles. The molecule has 2 N–H and O–H groups in total. The summed E-state index contributed by atoms with van der Waals surface area (Å²) in [7, 11) is 1.89. The molecule has 1 aromatic heterocycles. The Balaban J connectivity index is 1.90. The first-order valence-electron chi connectivity index (χ1n) is 5.06. The first-order valence-corrected chi connectivity index (χ1v) is 5.06. The number of nitrogens with two attached hydrogens (primary N) is 1. The lowest BCUT2D eigenvalue weighted by Crippen LogP contribution is -2.42. The van der Waals surface area contributed by atoms with E-state index in [1.807, 2.05) is 7.05 Å². The molecule has 0 amide bonds. The van der Waals surface area contributed by atoms with E-state index >= 15 is 0 Å². The Kier molecular flexibility index (Phi) is 2.79. The Labute approximate surface area is 83.9 Å². The molecule has 1 fully saturated rings. The quantitative estimate of drug-likeness (QED) is 0.706. The van der Waals surface area contributed by atoms with E-state index in [0.717, 1.165) is 31.9 Å². The van der Waals surface area contributed by atoms with Crippen LogP contribution in [0.3, 0.4) is 0 Å². The van der Waals surface area contributed by atoms with Gasteiger partial charge in [-0.3, -0.25) is 9.58 Å². The van der Waals surface area contributed by atoms with Crippen LogP contribution in [0.25, 0.3) is 0 Å². The van der Waals surface area contributed by atoms with E-state index in [4.69, 9.17) is 5.73 Å². The highest BCUT2D eigenvalue weighted by Crippen LogP contribution is 2.10. The molecule has 0 aromatic carbocycles. The minimum absolute atomic E-state index is 0.326. The van der Waals surface area contributed by atoms with Gasteiger partial charge in [0.1, 0.15) is 6.33 Å². The van der Waals surface area contributed by atoms with Crippen molar-refractivity contribution in [1.82, 2.24) is 19.7 Å². The van der Waals surface area contributed by atoms with Crippen LogP contribution < -0.4 is 5.73 Å². The van der Waals surface area contributed by atoms with Gasteiger partial charge in [-0.1, -0.05) is 0 Å². The maximum absolute atomic E-state index is 5.90. The largest absolute Gasteiger partial charge is 0.327 e. The molecule has 5 heteroatoms. The third kappa shape index (κ3) is 2.30. The van der Waals surface area contributed by atoms with Crippen LogP contribution in [-0.4, -0.2) is 38.8 Å². The Morgan fingerprint density at radius 3 is 3.14 bits per heavy atom. The van der Waals surface area contributed by atoms with Crippen LogP contribution in [0.2, 0.25) is 0 Å². The Hall–Kier alpha value is -0.940. The van der Waals surface area contributed by atoms with Gasteiger partial charge >= 0.3 is 0 Å². The minimum atomic E-state index is 0.326. The third-order valence-electron chi connectivity index (χ3n) is 2.55. The molecule has 1 saturated heterocycles. The fourth-order valence-corrected chi connectivity index (χ4v) is 1.89. The van der Waals surface area contributed by atoms with Crippen molar-refractivity contribution in [1.29, 1.82) is 0 Å². The van der Waals surface area contributed by atoms with Crippen molar-refractivity contribution in [3.8, 4) is 0 Å². The van der Waals surface area contributed by atoms with E-state index in [2.05, 4.69) is 15.0 Å². The van der Waals surface area contributed by atoms with Gasteiger partial charge in [-0.2, -0.15) is 5.10 Å². The van der Waals surface area contributed by atoms with Crippen LogP contribution in [0.1, 0.15) is 18.7 Å². The lowest BCUT2D eigenvalue weighted by molar-refractivity contribution is 0.197. The van der Waals surface area contributed by atoms with E-state index in [1.165, 1.54) is 6.42 Å². The Morgan fingerprint density at radius 2 is 2.50 bits per heavy atom. The third-order valence-corrected chi connectivity index (χ3v) is 2.55. The van der Waals surface area contributed by atoms with E-state index in [1.54, 1.807) is 11.0 Å². The molecule has 0 spiro atoms. The monoisotopic (exact) mass is 195 g/mol. The van der Waals surface area contributed by atoms with Crippen LogP contribution in [0, 0.1) is 0 Å². The molecule has 78 valence electrons. The second kappa shape index (κ2) is 4.06. The van der Waals surface area contributed by atoms with Crippen molar-refractivity contribution in [2.45, 2.75) is 25.4 Å². The molecule has 1 aromatic rings. The molecule has 1 aliphatic rings. The summed E-state index contributed by atoms with van der Waals surface area (Å²) in [5, 5.41) is 4.25. The summed E-state index contributed by atoms with van der Waals surface area (Å²) < 4.78 is 1.74. The average Bonchev–Trinajstić information content (AvgIpc) is 2.51. The van der Waals surface area contributed by atoms with Gasteiger partial charge in [-0.25, -0.2) is 4.98 Å². The van der Waals surface area contributed by atoms with Crippen LogP contribution >= 0.6 is 0 Å². The molecule has 5 nitrogen and oxygen atoms in total. The number of hydrogen-bond donors (Lipinski definition) is 1. The fraction of sp³-hybridized carbons (Fsp3) is 0.778. The normalized spacial score (nSPS) is 24.0. The SMILES string of the molecule is Cn1cnc(CN2CCCC(N)C2)n1. The van der Waals surface area contributed by atoms with Gasteiger partial charge in [0.05, 0.1) is 6.54 Å². The average molecular weight is 195 g/mol. The number of aromatic nitrogens is 3. The van der Waals surface area contributed by atoms with Crippen molar-refractivity contribution >= 4 is 0 Å².